The molecule has 18 heavy (non-hydrogen) atoms. The normalized spacial score (nSPS) is 18.6. The van der Waals surface area contributed by atoms with Crippen molar-refractivity contribution >= 4 is 16.9 Å². The molecule has 0 saturated carbocycles. The van der Waals surface area contributed by atoms with E-state index in [1.54, 1.807) is 7.11 Å². The molecule has 0 spiro atoms. The van der Waals surface area contributed by atoms with E-state index in [-0.39, 0.29) is 5.92 Å². The lowest BCUT2D eigenvalue weighted by molar-refractivity contribution is -0.142. The Kier molecular flexibility index (Phi) is 2.51. The number of hydrogen-bond donors (Lipinski definition) is 1. The van der Waals surface area contributed by atoms with E-state index in [1.807, 2.05) is 18.2 Å². The molecular formula is C14H14O4. The summed E-state index contributed by atoms with van der Waals surface area (Å²) < 4.78 is 10.9. The van der Waals surface area contributed by atoms with Crippen molar-refractivity contribution in [1.29, 1.82) is 0 Å². The Balaban J connectivity index is 2.06. The molecule has 0 bridgehead atoms. The van der Waals surface area contributed by atoms with Crippen LogP contribution < -0.4 is 4.74 Å². The van der Waals surface area contributed by atoms with E-state index in [2.05, 4.69) is 0 Å². The lowest BCUT2D eigenvalue weighted by Gasteiger charge is -2.16. The van der Waals surface area contributed by atoms with Crippen molar-refractivity contribution in [3.63, 3.8) is 0 Å². The minimum Gasteiger partial charge on any atom is -0.497 e. The van der Waals surface area contributed by atoms with E-state index in [1.165, 1.54) is 0 Å². The van der Waals surface area contributed by atoms with Gasteiger partial charge < -0.3 is 14.3 Å². The Morgan fingerprint density at radius 2 is 2.33 bits per heavy atom. The molecule has 1 aliphatic rings. The molecule has 1 atom stereocenters. The number of fused-ring (bicyclic) bond motifs is 3. The SMILES string of the molecule is COc1ccc2c3c(oc2c1)CC(C(=O)O)CC3. The Bertz CT molecular complexity index is 612. The molecule has 3 rings (SSSR count). The minimum atomic E-state index is -0.737. The van der Waals surface area contributed by atoms with Crippen LogP contribution in [-0.2, 0) is 17.6 Å². The maximum atomic E-state index is 11.0. The average Bonchev–Trinajstić information content (AvgIpc) is 2.74. The largest absolute Gasteiger partial charge is 0.497 e. The van der Waals surface area contributed by atoms with Crippen molar-refractivity contribution < 1.29 is 19.1 Å². The van der Waals surface area contributed by atoms with Gasteiger partial charge in [-0.05, 0) is 25.0 Å². The highest BCUT2D eigenvalue weighted by Gasteiger charge is 2.28. The van der Waals surface area contributed by atoms with Crippen LogP contribution in [0.4, 0.5) is 0 Å². The number of carboxylic acid groups (broad SMARTS) is 1. The topological polar surface area (TPSA) is 59.7 Å². The number of methoxy groups -OCH3 is 1. The molecule has 4 nitrogen and oxygen atoms in total. The van der Waals surface area contributed by atoms with Gasteiger partial charge >= 0.3 is 5.97 Å². The zero-order valence-corrected chi connectivity index (χ0v) is 10.1. The maximum Gasteiger partial charge on any atom is 0.306 e. The molecule has 0 radical (unpaired) electrons. The van der Waals surface area contributed by atoms with Crippen LogP contribution in [0.2, 0.25) is 0 Å². The third-order valence-corrected chi connectivity index (χ3v) is 3.61. The first kappa shape index (κ1) is 11.1. The number of carbonyl (C=O) groups is 1. The summed E-state index contributed by atoms with van der Waals surface area (Å²) in [7, 11) is 1.62. The summed E-state index contributed by atoms with van der Waals surface area (Å²) >= 11 is 0. The molecule has 1 heterocycles. The number of ether oxygens (including phenoxy) is 1. The van der Waals surface area contributed by atoms with Gasteiger partial charge in [-0.15, -0.1) is 0 Å². The summed E-state index contributed by atoms with van der Waals surface area (Å²) in [5, 5.41) is 10.1. The van der Waals surface area contributed by atoms with Crippen LogP contribution in [-0.4, -0.2) is 18.2 Å². The molecule has 1 aromatic heterocycles. The number of hydrogen-bond acceptors (Lipinski definition) is 3. The van der Waals surface area contributed by atoms with E-state index < -0.39 is 5.97 Å². The number of carboxylic acids is 1. The first-order valence-electron chi connectivity index (χ1n) is 6.00. The fraction of sp³-hybridized carbons (Fsp3) is 0.357. The second-order valence-electron chi connectivity index (χ2n) is 4.64. The molecule has 0 saturated heterocycles. The molecule has 1 aromatic carbocycles. The molecule has 0 aliphatic heterocycles. The minimum absolute atomic E-state index is 0.319. The Hall–Kier alpha value is -1.97. The highest BCUT2D eigenvalue weighted by atomic mass is 16.5. The van der Waals surface area contributed by atoms with Crippen molar-refractivity contribution in [2.45, 2.75) is 19.3 Å². The Morgan fingerprint density at radius 3 is 3.06 bits per heavy atom. The van der Waals surface area contributed by atoms with E-state index in [0.29, 0.717) is 12.8 Å². The third-order valence-electron chi connectivity index (χ3n) is 3.61. The maximum absolute atomic E-state index is 11.0. The van der Waals surface area contributed by atoms with Gasteiger partial charge in [-0.25, -0.2) is 0 Å². The van der Waals surface area contributed by atoms with Crippen LogP contribution >= 0.6 is 0 Å². The first-order chi connectivity index (χ1) is 8.69. The van der Waals surface area contributed by atoms with Crippen LogP contribution in [0, 0.1) is 5.92 Å². The van der Waals surface area contributed by atoms with Gasteiger partial charge in [0, 0.05) is 23.4 Å². The Labute approximate surface area is 104 Å². The fourth-order valence-corrected chi connectivity index (χ4v) is 2.60. The van der Waals surface area contributed by atoms with Gasteiger partial charge in [-0.3, -0.25) is 4.79 Å². The molecule has 4 heteroatoms. The van der Waals surface area contributed by atoms with Gasteiger partial charge in [0.1, 0.15) is 17.1 Å². The first-order valence-corrected chi connectivity index (χ1v) is 6.00. The summed E-state index contributed by atoms with van der Waals surface area (Å²) in [6.45, 7) is 0. The lowest BCUT2D eigenvalue weighted by atomic mass is 9.87. The number of rotatable bonds is 2. The second-order valence-corrected chi connectivity index (χ2v) is 4.64. The third kappa shape index (κ3) is 1.65. The number of furan rings is 1. The summed E-state index contributed by atoms with van der Waals surface area (Å²) in [6, 6.07) is 5.74. The zero-order valence-electron chi connectivity index (χ0n) is 10.1. The van der Waals surface area contributed by atoms with Gasteiger partial charge in [-0.2, -0.15) is 0 Å². The van der Waals surface area contributed by atoms with Crippen LogP contribution in [0.25, 0.3) is 11.0 Å². The summed E-state index contributed by atoms with van der Waals surface area (Å²) in [6.07, 6.45) is 1.94. The summed E-state index contributed by atoms with van der Waals surface area (Å²) in [5.74, 6) is 0.513. The van der Waals surface area contributed by atoms with Crippen molar-refractivity contribution in [3.05, 3.63) is 29.5 Å². The molecule has 1 N–H and O–H groups in total. The van der Waals surface area contributed by atoms with Gasteiger partial charge in [0.15, 0.2) is 0 Å². The van der Waals surface area contributed by atoms with Crippen molar-refractivity contribution in [2.24, 2.45) is 5.92 Å². The molecule has 0 fully saturated rings. The summed E-state index contributed by atoms with van der Waals surface area (Å²) in [4.78, 5) is 11.0. The van der Waals surface area contributed by atoms with Crippen LogP contribution in [0.15, 0.2) is 22.6 Å². The summed E-state index contributed by atoms with van der Waals surface area (Å²) in [5.41, 5.74) is 1.94. The molecule has 0 amide bonds. The van der Waals surface area contributed by atoms with Crippen LogP contribution in [0.5, 0.6) is 5.75 Å². The number of aliphatic carboxylic acids is 1. The van der Waals surface area contributed by atoms with Gasteiger partial charge in [0.25, 0.3) is 0 Å². The van der Waals surface area contributed by atoms with Gasteiger partial charge in [0.2, 0.25) is 0 Å². The van der Waals surface area contributed by atoms with E-state index in [9.17, 15) is 4.79 Å². The van der Waals surface area contributed by atoms with Gasteiger partial charge in [0.05, 0.1) is 13.0 Å². The smallest absolute Gasteiger partial charge is 0.306 e. The molecule has 2 aromatic rings. The molecule has 1 aliphatic carbocycles. The zero-order chi connectivity index (χ0) is 12.7. The lowest BCUT2D eigenvalue weighted by Crippen LogP contribution is -2.21. The van der Waals surface area contributed by atoms with Crippen LogP contribution in [0.3, 0.4) is 0 Å². The quantitative estimate of drug-likeness (QED) is 0.884. The highest BCUT2D eigenvalue weighted by molar-refractivity contribution is 5.84. The van der Waals surface area contributed by atoms with Crippen LogP contribution in [0.1, 0.15) is 17.7 Å². The number of aryl methyl sites for hydroxylation is 1. The standard InChI is InChI=1S/C14H14O4/c1-17-9-3-5-11-10-4-2-8(14(15)16)6-12(10)18-13(11)7-9/h3,5,7-8H,2,4,6H2,1H3,(H,15,16). The Morgan fingerprint density at radius 1 is 1.50 bits per heavy atom. The van der Waals surface area contributed by atoms with E-state index >= 15 is 0 Å². The van der Waals surface area contributed by atoms with E-state index in [0.717, 1.165) is 34.5 Å². The highest BCUT2D eigenvalue weighted by Crippen LogP contribution is 2.35. The van der Waals surface area contributed by atoms with Gasteiger partial charge in [-0.1, -0.05) is 0 Å². The fourth-order valence-electron chi connectivity index (χ4n) is 2.60. The second kappa shape index (κ2) is 4.05. The number of benzene rings is 1. The average molecular weight is 246 g/mol. The monoisotopic (exact) mass is 246 g/mol. The molecule has 94 valence electrons. The van der Waals surface area contributed by atoms with Crippen molar-refractivity contribution in [2.75, 3.05) is 7.11 Å². The van der Waals surface area contributed by atoms with E-state index in [4.69, 9.17) is 14.3 Å². The predicted molar refractivity (Wildman–Crippen MR) is 65.9 cm³/mol. The molecule has 1 unspecified atom stereocenters. The molecular weight excluding hydrogens is 232 g/mol. The van der Waals surface area contributed by atoms with Crippen molar-refractivity contribution in [1.82, 2.24) is 0 Å². The predicted octanol–water partition coefficient (Wildman–Crippen LogP) is 2.63. The van der Waals surface area contributed by atoms with Crippen molar-refractivity contribution in [3.8, 4) is 5.75 Å².